The second kappa shape index (κ2) is 9.16. The van der Waals surface area contributed by atoms with E-state index in [-0.39, 0.29) is 22.9 Å². The van der Waals surface area contributed by atoms with Crippen molar-refractivity contribution >= 4 is 37.5 Å². The summed E-state index contributed by atoms with van der Waals surface area (Å²) in [6, 6.07) is 14.5. The van der Waals surface area contributed by atoms with Crippen LogP contribution >= 0.6 is 11.3 Å². The molecule has 3 aromatic rings. The Morgan fingerprint density at radius 3 is 2.61 bits per heavy atom. The molecule has 0 spiro atoms. The summed E-state index contributed by atoms with van der Waals surface area (Å²) in [5.41, 5.74) is 1.37. The molecule has 1 unspecified atom stereocenters. The molecule has 2 fully saturated rings. The summed E-state index contributed by atoms with van der Waals surface area (Å²) in [6.45, 7) is 0.651. The normalized spacial score (nSPS) is 20.1. The molecule has 2 heterocycles. The van der Waals surface area contributed by atoms with Gasteiger partial charge in [0, 0.05) is 25.2 Å². The maximum Gasteiger partial charge on any atom is 0.254 e. The zero-order chi connectivity index (χ0) is 23.0. The van der Waals surface area contributed by atoms with Crippen LogP contribution in [0, 0.1) is 0 Å². The summed E-state index contributed by atoms with van der Waals surface area (Å²) in [4.78, 5) is 20.3. The van der Waals surface area contributed by atoms with Crippen molar-refractivity contribution in [1.82, 2.24) is 14.2 Å². The largest absolute Gasteiger partial charge is 0.329 e. The first-order chi connectivity index (χ1) is 15.9. The lowest BCUT2D eigenvalue weighted by atomic mass is 9.96. The standard InChI is InChI=1S/C25H29N3O3S2/c1-27(19-10-3-2-4-11-19)33(30,31)20-12-7-9-18(17-20)25(29)28-16-8-14-22(28)24-26-21-13-5-6-15-23(21)32-24/h5-7,9,12-13,15,17,19,22H,2-4,8,10-11,14,16H2,1H3. The molecule has 1 aliphatic carbocycles. The van der Waals surface area contributed by atoms with Crippen molar-refractivity contribution < 1.29 is 13.2 Å². The Balaban J connectivity index is 1.40. The van der Waals surface area contributed by atoms with E-state index in [9.17, 15) is 13.2 Å². The molecular weight excluding hydrogens is 454 g/mol. The first-order valence-electron chi connectivity index (χ1n) is 11.7. The minimum atomic E-state index is -3.65. The number of nitrogens with zero attached hydrogens (tertiary/aromatic N) is 3. The first-order valence-corrected chi connectivity index (χ1v) is 14.0. The van der Waals surface area contributed by atoms with Gasteiger partial charge in [0.25, 0.3) is 5.91 Å². The van der Waals surface area contributed by atoms with Gasteiger partial charge in [-0.15, -0.1) is 11.3 Å². The minimum Gasteiger partial charge on any atom is -0.329 e. The molecule has 1 amide bonds. The van der Waals surface area contributed by atoms with Gasteiger partial charge in [-0.05, 0) is 56.0 Å². The number of carbonyl (C=O) groups is 1. The Hall–Kier alpha value is -2.29. The quantitative estimate of drug-likeness (QED) is 0.498. The van der Waals surface area contributed by atoms with E-state index in [0.717, 1.165) is 53.7 Å². The Kier molecular flexibility index (Phi) is 6.24. The molecule has 1 atom stereocenters. The third kappa shape index (κ3) is 4.32. The number of likely N-dealkylation sites (tertiary alicyclic amines) is 1. The molecule has 5 rings (SSSR count). The highest BCUT2D eigenvalue weighted by Crippen LogP contribution is 2.37. The number of rotatable bonds is 5. The first kappa shape index (κ1) is 22.5. The number of benzene rings is 2. The van der Waals surface area contributed by atoms with Crippen LogP contribution in [0.3, 0.4) is 0 Å². The molecule has 6 nitrogen and oxygen atoms in total. The summed E-state index contributed by atoms with van der Waals surface area (Å²) in [5, 5.41) is 0.947. The van der Waals surface area contributed by atoms with E-state index in [1.165, 1.54) is 10.7 Å². The van der Waals surface area contributed by atoms with Crippen molar-refractivity contribution in [1.29, 1.82) is 0 Å². The average Bonchev–Trinajstić information content (AvgIpc) is 3.50. The van der Waals surface area contributed by atoms with Crippen molar-refractivity contribution in [2.24, 2.45) is 0 Å². The van der Waals surface area contributed by atoms with Gasteiger partial charge in [-0.1, -0.05) is 37.5 Å². The molecule has 0 N–H and O–H groups in total. The number of hydrogen-bond donors (Lipinski definition) is 0. The van der Waals surface area contributed by atoms with Crippen LogP contribution in [0.5, 0.6) is 0 Å². The van der Waals surface area contributed by atoms with Crippen LogP contribution in [-0.2, 0) is 10.0 Å². The van der Waals surface area contributed by atoms with Gasteiger partial charge < -0.3 is 4.90 Å². The molecule has 8 heteroatoms. The third-order valence-electron chi connectivity index (χ3n) is 6.96. The molecule has 33 heavy (non-hydrogen) atoms. The van der Waals surface area contributed by atoms with Gasteiger partial charge in [0.15, 0.2) is 0 Å². The lowest BCUT2D eigenvalue weighted by Crippen LogP contribution is -2.38. The summed E-state index contributed by atoms with van der Waals surface area (Å²) in [6.07, 6.45) is 6.86. The zero-order valence-corrected chi connectivity index (χ0v) is 20.4. The number of carbonyl (C=O) groups excluding carboxylic acids is 1. The van der Waals surface area contributed by atoms with Gasteiger partial charge >= 0.3 is 0 Å². The molecule has 174 valence electrons. The lowest BCUT2D eigenvalue weighted by Gasteiger charge is -2.30. The fraction of sp³-hybridized carbons (Fsp3) is 0.440. The smallest absolute Gasteiger partial charge is 0.254 e. The predicted molar refractivity (Wildman–Crippen MR) is 131 cm³/mol. The number of fused-ring (bicyclic) bond motifs is 1. The van der Waals surface area contributed by atoms with Gasteiger partial charge in [0.05, 0.1) is 21.2 Å². The van der Waals surface area contributed by atoms with E-state index in [0.29, 0.717) is 12.1 Å². The highest BCUT2D eigenvalue weighted by atomic mass is 32.2. The number of hydrogen-bond acceptors (Lipinski definition) is 5. The van der Waals surface area contributed by atoms with E-state index < -0.39 is 10.0 Å². The predicted octanol–water partition coefficient (Wildman–Crippen LogP) is 5.23. The van der Waals surface area contributed by atoms with Crippen LogP contribution in [0.15, 0.2) is 53.4 Å². The number of para-hydroxylation sites is 1. The van der Waals surface area contributed by atoms with Crippen LogP contribution in [0.2, 0.25) is 0 Å². The topological polar surface area (TPSA) is 70.6 Å². The summed E-state index contributed by atoms with van der Waals surface area (Å²) in [5.74, 6) is -0.130. The summed E-state index contributed by atoms with van der Waals surface area (Å²) < 4.78 is 29.2. The number of sulfonamides is 1. The van der Waals surface area contributed by atoms with E-state index in [4.69, 9.17) is 4.98 Å². The monoisotopic (exact) mass is 483 g/mol. The molecule has 0 bridgehead atoms. The van der Waals surface area contributed by atoms with Crippen LogP contribution < -0.4 is 0 Å². The highest BCUT2D eigenvalue weighted by molar-refractivity contribution is 7.89. The van der Waals surface area contributed by atoms with Crippen LogP contribution in [-0.4, -0.2) is 48.1 Å². The molecule has 1 saturated heterocycles. The van der Waals surface area contributed by atoms with Crippen LogP contribution in [0.25, 0.3) is 10.2 Å². The second-order valence-corrected chi connectivity index (χ2v) is 12.1. The van der Waals surface area contributed by atoms with Gasteiger partial charge in [0.2, 0.25) is 10.0 Å². The van der Waals surface area contributed by atoms with Crippen molar-refractivity contribution in [3.63, 3.8) is 0 Å². The molecule has 2 aromatic carbocycles. The third-order valence-corrected chi connectivity index (χ3v) is 10.00. The van der Waals surface area contributed by atoms with Crippen LogP contribution in [0.1, 0.15) is 66.4 Å². The fourth-order valence-electron chi connectivity index (χ4n) is 5.06. The second-order valence-electron chi connectivity index (χ2n) is 9.02. The van der Waals surface area contributed by atoms with Gasteiger partial charge in [-0.3, -0.25) is 4.79 Å². The Morgan fingerprint density at radius 2 is 1.82 bits per heavy atom. The maximum absolute atomic E-state index is 13.5. The number of amides is 1. The number of aromatic nitrogens is 1. The molecule has 2 aliphatic rings. The van der Waals surface area contributed by atoms with E-state index in [1.807, 2.05) is 23.1 Å². The van der Waals surface area contributed by atoms with E-state index >= 15 is 0 Å². The van der Waals surface area contributed by atoms with Crippen molar-refractivity contribution in [2.75, 3.05) is 13.6 Å². The van der Waals surface area contributed by atoms with Crippen molar-refractivity contribution in [3.8, 4) is 0 Å². The average molecular weight is 484 g/mol. The fourth-order valence-corrected chi connectivity index (χ4v) is 7.64. The van der Waals surface area contributed by atoms with E-state index in [1.54, 1.807) is 42.6 Å². The van der Waals surface area contributed by atoms with Crippen molar-refractivity contribution in [3.05, 3.63) is 59.1 Å². The molecule has 0 radical (unpaired) electrons. The molecule has 1 aromatic heterocycles. The zero-order valence-electron chi connectivity index (χ0n) is 18.8. The summed E-state index contributed by atoms with van der Waals surface area (Å²) in [7, 11) is -1.98. The van der Waals surface area contributed by atoms with Gasteiger partial charge in [0.1, 0.15) is 5.01 Å². The summed E-state index contributed by atoms with van der Waals surface area (Å²) >= 11 is 1.63. The SMILES string of the molecule is CN(C1CCCCC1)S(=O)(=O)c1cccc(C(=O)N2CCCC2c2nc3ccccc3s2)c1. The minimum absolute atomic E-state index is 0.0325. The Bertz CT molecular complexity index is 1230. The van der Waals surface area contributed by atoms with Crippen molar-refractivity contribution in [2.45, 2.75) is 61.9 Å². The van der Waals surface area contributed by atoms with E-state index in [2.05, 4.69) is 6.07 Å². The Morgan fingerprint density at radius 1 is 1.03 bits per heavy atom. The lowest BCUT2D eigenvalue weighted by molar-refractivity contribution is 0.0735. The van der Waals surface area contributed by atoms with Gasteiger partial charge in [-0.25, -0.2) is 13.4 Å². The Labute approximate surface area is 199 Å². The van der Waals surface area contributed by atoms with Gasteiger partial charge in [-0.2, -0.15) is 4.31 Å². The van der Waals surface area contributed by atoms with Crippen LogP contribution in [0.4, 0.5) is 0 Å². The molecular formula is C25H29N3O3S2. The number of thiazole rings is 1. The molecule has 1 aliphatic heterocycles. The highest BCUT2D eigenvalue weighted by Gasteiger charge is 2.34. The molecule has 1 saturated carbocycles. The maximum atomic E-state index is 13.5.